The Balaban J connectivity index is 2.01. The van der Waals surface area contributed by atoms with E-state index in [0.717, 1.165) is 11.5 Å². The van der Waals surface area contributed by atoms with Gasteiger partial charge in [-0.05, 0) is 60.0 Å². The van der Waals surface area contributed by atoms with Crippen molar-refractivity contribution in [3.63, 3.8) is 0 Å². The van der Waals surface area contributed by atoms with Gasteiger partial charge >= 0.3 is 0 Å². The SMILES string of the molecule is COc1ccc(C(Sc2ccccc2)c2ccc(OC)cc2C)cc1. The van der Waals surface area contributed by atoms with Crippen LogP contribution in [0.25, 0.3) is 0 Å². The summed E-state index contributed by atoms with van der Waals surface area (Å²) >= 11 is 1.85. The van der Waals surface area contributed by atoms with Crippen molar-refractivity contribution in [2.24, 2.45) is 0 Å². The Labute approximate surface area is 153 Å². The van der Waals surface area contributed by atoms with Gasteiger partial charge in [0.05, 0.1) is 19.5 Å². The molecule has 0 fully saturated rings. The van der Waals surface area contributed by atoms with Crippen LogP contribution < -0.4 is 9.47 Å². The lowest BCUT2D eigenvalue weighted by Gasteiger charge is -2.20. The van der Waals surface area contributed by atoms with Crippen LogP contribution in [0.15, 0.2) is 77.7 Å². The molecule has 3 aromatic rings. The van der Waals surface area contributed by atoms with Crippen molar-refractivity contribution in [3.8, 4) is 11.5 Å². The zero-order valence-electron chi connectivity index (χ0n) is 14.7. The summed E-state index contributed by atoms with van der Waals surface area (Å²) in [5.41, 5.74) is 3.77. The predicted molar refractivity (Wildman–Crippen MR) is 105 cm³/mol. The fourth-order valence-corrected chi connectivity index (χ4v) is 4.07. The zero-order valence-corrected chi connectivity index (χ0v) is 15.5. The number of rotatable bonds is 6. The minimum atomic E-state index is 0.208. The number of ether oxygens (including phenoxy) is 2. The van der Waals surface area contributed by atoms with Gasteiger partial charge in [-0.15, -0.1) is 11.8 Å². The first kappa shape index (κ1) is 17.4. The molecule has 2 nitrogen and oxygen atoms in total. The molecule has 0 aliphatic carbocycles. The molecule has 0 heterocycles. The smallest absolute Gasteiger partial charge is 0.119 e. The van der Waals surface area contributed by atoms with Crippen LogP contribution in [0.1, 0.15) is 21.9 Å². The first-order valence-corrected chi connectivity index (χ1v) is 9.09. The van der Waals surface area contributed by atoms with E-state index in [1.54, 1.807) is 14.2 Å². The van der Waals surface area contributed by atoms with E-state index in [1.165, 1.54) is 21.6 Å². The lowest BCUT2D eigenvalue weighted by atomic mass is 9.99. The van der Waals surface area contributed by atoms with Crippen molar-refractivity contribution in [2.45, 2.75) is 17.1 Å². The quantitative estimate of drug-likeness (QED) is 0.516. The topological polar surface area (TPSA) is 18.5 Å². The second-order valence-electron chi connectivity index (χ2n) is 5.81. The third-order valence-corrected chi connectivity index (χ3v) is 5.48. The lowest BCUT2D eigenvalue weighted by Crippen LogP contribution is -2.00. The van der Waals surface area contributed by atoms with E-state index in [9.17, 15) is 0 Å². The van der Waals surface area contributed by atoms with Gasteiger partial charge < -0.3 is 9.47 Å². The largest absolute Gasteiger partial charge is 0.497 e. The molecule has 0 spiro atoms. The van der Waals surface area contributed by atoms with Crippen molar-refractivity contribution < 1.29 is 9.47 Å². The molecule has 0 N–H and O–H groups in total. The molecule has 0 saturated heterocycles. The summed E-state index contributed by atoms with van der Waals surface area (Å²) < 4.78 is 10.7. The summed E-state index contributed by atoms with van der Waals surface area (Å²) in [7, 11) is 3.40. The minimum Gasteiger partial charge on any atom is -0.497 e. The van der Waals surface area contributed by atoms with E-state index in [4.69, 9.17) is 9.47 Å². The monoisotopic (exact) mass is 350 g/mol. The number of thioether (sulfide) groups is 1. The molecular formula is C22H22O2S. The van der Waals surface area contributed by atoms with E-state index in [0.29, 0.717) is 0 Å². The van der Waals surface area contributed by atoms with Crippen LogP contribution in [0.2, 0.25) is 0 Å². The van der Waals surface area contributed by atoms with Gasteiger partial charge in [-0.25, -0.2) is 0 Å². The van der Waals surface area contributed by atoms with Gasteiger partial charge in [-0.1, -0.05) is 36.4 Å². The molecule has 0 amide bonds. The fourth-order valence-electron chi connectivity index (χ4n) is 2.79. The summed E-state index contributed by atoms with van der Waals surface area (Å²) in [6, 6.07) is 25.1. The molecule has 0 aliphatic heterocycles. The van der Waals surface area contributed by atoms with Crippen molar-refractivity contribution >= 4 is 11.8 Å². The molecule has 3 heteroatoms. The maximum Gasteiger partial charge on any atom is 0.119 e. The molecule has 0 aromatic heterocycles. The second-order valence-corrected chi connectivity index (χ2v) is 6.99. The third-order valence-electron chi connectivity index (χ3n) is 4.18. The van der Waals surface area contributed by atoms with Gasteiger partial charge in [0.15, 0.2) is 0 Å². The van der Waals surface area contributed by atoms with Crippen LogP contribution in [0.3, 0.4) is 0 Å². The van der Waals surface area contributed by atoms with Crippen LogP contribution in [0, 0.1) is 6.92 Å². The molecule has 3 aromatic carbocycles. The van der Waals surface area contributed by atoms with Crippen molar-refractivity contribution in [2.75, 3.05) is 14.2 Å². The maximum absolute atomic E-state index is 5.36. The van der Waals surface area contributed by atoms with Crippen LogP contribution in [0.5, 0.6) is 11.5 Å². The van der Waals surface area contributed by atoms with E-state index in [1.807, 2.05) is 36.0 Å². The Morgan fingerprint density at radius 2 is 1.40 bits per heavy atom. The van der Waals surface area contributed by atoms with E-state index in [-0.39, 0.29) is 5.25 Å². The van der Waals surface area contributed by atoms with Crippen molar-refractivity contribution in [1.82, 2.24) is 0 Å². The molecule has 1 atom stereocenters. The van der Waals surface area contributed by atoms with Crippen LogP contribution >= 0.6 is 11.8 Å². The third kappa shape index (κ3) is 4.18. The first-order chi connectivity index (χ1) is 12.2. The highest BCUT2D eigenvalue weighted by atomic mass is 32.2. The number of benzene rings is 3. The summed E-state index contributed by atoms with van der Waals surface area (Å²) in [6.45, 7) is 2.14. The number of hydrogen-bond donors (Lipinski definition) is 0. The average Bonchev–Trinajstić information content (AvgIpc) is 2.67. The average molecular weight is 350 g/mol. The molecular weight excluding hydrogens is 328 g/mol. The first-order valence-electron chi connectivity index (χ1n) is 8.21. The van der Waals surface area contributed by atoms with Crippen LogP contribution in [0.4, 0.5) is 0 Å². The lowest BCUT2D eigenvalue weighted by molar-refractivity contribution is 0.414. The Bertz CT molecular complexity index is 813. The molecule has 128 valence electrons. The van der Waals surface area contributed by atoms with Crippen LogP contribution in [-0.2, 0) is 0 Å². The summed E-state index contributed by atoms with van der Waals surface area (Å²) in [5, 5.41) is 0.208. The zero-order chi connectivity index (χ0) is 17.6. The second kappa shape index (κ2) is 8.13. The van der Waals surface area contributed by atoms with Gasteiger partial charge in [-0.2, -0.15) is 0 Å². The van der Waals surface area contributed by atoms with Gasteiger partial charge in [0, 0.05) is 4.90 Å². The van der Waals surface area contributed by atoms with Gasteiger partial charge in [0.2, 0.25) is 0 Å². The Kier molecular flexibility index (Phi) is 5.67. The molecule has 25 heavy (non-hydrogen) atoms. The molecule has 0 saturated carbocycles. The summed E-state index contributed by atoms with van der Waals surface area (Å²) in [6.07, 6.45) is 0. The number of hydrogen-bond acceptors (Lipinski definition) is 3. The van der Waals surface area contributed by atoms with E-state index >= 15 is 0 Å². The fraction of sp³-hybridized carbons (Fsp3) is 0.182. The number of aryl methyl sites for hydroxylation is 1. The normalized spacial score (nSPS) is 11.8. The van der Waals surface area contributed by atoms with Crippen LogP contribution in [-0.4, -0.2) is 14.2 Å². The standard InChI is InChI=1S/C22H22O2S/c1-16-15-19(24-3)13-14-21(16)22(25-20-7-5-4-6-8-20)17-9-11-18(23-2)12-10-17/h4-15,22H,1-3H3. The molecule has 3 rings (SSSR count). The highest BCUT2D eigenvalue weighted by Gasteiger charge is 2.18. The highest BCUT2D eigenvalue weighted by Crippen LogP contribution is 2.42. The molecule has 0 bridgehead atoms. The Morgan fingerprint density at radius 3 is 2.00 bits per heavy atom. The number of methoxy groups -OCH3 is 2. The van der Waals surface area contributed by atoms with Gasteiger partial charge in [-0.3, -0.25) is 0 Å². The van der Waals surface area contributed by atoms with E-state index in [2.05, 4.69) is 55.5 Å². The molecule has 0 aliphatic rings. The van der Waals surface area contributed by atoms with Gasteiger partial charge in [0.25, 0.3) is 0 Å². The Hall–Kier alpha value is -2.39. The minimum absolute atomic E-state index is 0.208. The summed E-state index contributed by atoms with van der Waals surface area (Å²) in [4.78, 5) is 1.25. The summed E-state index contributed by atoms with van der Waals surface area (Å²) in [5.74, 6) is 1.76. The Morgan fingerprint density at radius 1 is 0.760 bits per heavy atom. The predicted octanol–water partition coefficient (Wildman–Crippen LogP) is 5.89. The van der Waals surface area contributed by atoms with E-state index < -0.39 is 0 Å². The van der Waals surface area contributed by atoms with Crippen molar-refractivity contribution in [1.29, 1.82) is 0 Å². The van der Waals surface area contributed by atoms with Gasteiger partial charge in [0.1, 0.15) is 11.5 Å². The molecule has 1 unspecified atom stereocenters. The maximum atomic E-state index is 5.36. The van der Waals surface area contributed by atoms with Crippen molar-refractivity contribution in [3.05, 3.63) is 89.5 Å². The molecule has 0 radical (unpaired) electrons. The highest BCUT2D eigenvalue weighted by molar-refractivity contribution is 7.99.